The van der Waals surface area contributed by atoms with Crippen LogP contribution in [0.1, 0.15) is 37.8 Å². The second-order valence-electron chi connectivity index (χ2n) is 7.90. The van der Waals surface area contributed by atoms with Gasteiger partial charge in [-0.15, -0.1) is 0 Å². The van der Waals surface area contributed by atoms with Crippen LogP contribution in [0.25, 0.3) is 11.0 Å². The zero-order valence-electron chi connectivity index (χ0n) is 17.5. The first-order valence-corrected chi connectivity index (χ1v) is 10.3. The number of hydrogen-bond donors (Lipinski definition) is 3. The summed E-state index contributed by atoms with van der Waals surface area (Å²) in [4.78, 5) is 47.2. The van der Waals surface area contributed by atoms with Crippen molar-refractivity contribution in [1.82, 2.24) is 10.6 Å². The molecule has 1 aromatic heterocycles. The molecule has 0 saturated carbocycles. The van der Waals surface area contributed by atoms with E-state index in [1.165, 1.54) is 0 Å². The number of amides is 2. The van der Waals surface area contributed by atoms with Crippen molar-refractivity contribution in [2.24, 2.45) is 5.92 Å². The second kappa shape index (κ2) is 9.63. The van der Waals surface area contributed by atoms with Crippen LogP contribution in [0.3, 0.4) is 0 Å². The minimum absolute atomic E-state index is 0.293. The lowest BCUT2D eigenvalue weighted by atomic mass is 9.91. The molecule has 0 fully saturated rings. The van der Waals surface area contributed by atoms with Crippen LogP contribution in [0.5, 0.6) is 5.75 Å². The summed E-state index contributed by atoms with van der Waals surface area (Å²) in [6.07, 6.45) is 3.57. The van der Waals surface area contributed by atoms with E-state index in [1.54, 1.807) is 26.0 Å². The molecule has 1 atom stereocenters. The number of aliphatic carboxylic acids is 1. The quantitative estimate of drug-likeness (QED) is 0.539. The second-order valence-corrected chi connectivity index (χ2v) is 7.90. The number of ether oxygens (including phenoxy) is 1. The highest BCUT2D eigenvalue weighted by Gasteiger charge is 2.23. The molecule has 1 aromatic carbocycles. The molecule has 0 unspecified atom stereocenters. The Morgan fingerprint density at radius 1 is 1.13 bits per heavy atom. The van der Waals surface area contributed by atoms with E-state index in [2.05, 4.69) is 10.6 Å². The van der Waals surface area contributed by atoms with Gasteiger partial charge in [-0.3, -0.25) is 9.59 Å². The summed E-state index contributed by atoms with van der Waals surface area (Å²) >= 11 is 0. The maximum atomic E-state index is 12.2. The van der Waals surface area contributed by atoms with E-state index in [9.17, 15) is 19.2 Å². The Bertz CT molecular complexity index is 1060. The molecule has 9 heteroatoms. The van der Waals surface area contributed by atoms with Crippen molar-refractivity contribution in [3.63, 3.8) is 0 Å². The average Bonchev–Trinajstić information content (AvgIpc) is 2.74. The van der Waals surface area contributed by atoms with Gasteiger partial charge in [-0.1, -0.05) is 13.8 Å². The summed E-state index contributed by atoms with van der Waals surface area (Å²) in [6, 6.07) is 4.07. The summed E-state index contributed by atoms with van der Waals surface area (Å²) in [5.41, 5.74) is 1.85. The molecule has 166 valence electrons. The molecule has 1 heterocycles. The Hall–Kier alpha value is -3.36. The molecule has 0 spiro atoms. The largest absolute Gasteiger partial charge is 0.484 e. The number of nitrogens with one attached hydrogen (secondary N) is 2. The zero-order chi connectivity index (χ0) is 22.5. The third-order valence-corrected chi connectivity index (χ3v) is 5.26. The lowest BCUT2D eigenvalue weighted by Gasteiger charge is -2.18. The van der Waals surface area contributed by atoms with Gasteiger partial charge in [-0.25, -0.2) is 9.59 Å². The third kappa shape index (κ3) is 5.42. The molecule has 1 aliphatic rings. The van der Waals surface area contributed by atoms with E-state index in [-0.39, 0.29) is 24.7 Å². The molecule has 3 rings (SSSR count). The molecule has 9 nitrogen and oxygen atoms in total. The summed E-state index contributed by atoms with van der Waals surface area (Å²) in [5.74, 6) is -2.22. The maximum absolute atomic E-state index is 12.2. The van der Waals surface area contributed by atoms with E-state index in [4.69, 9.17) is 14.3 Å². The van der Waals surface area contributed by atoms with Crippen molar-refractivity contribution in [2.45, 2.75) is 45.6 Å². The average molecular weight is 430 g/mol. The Labute approximate surface area is 178 Å². The van der Waals surface area contributed by atoms with E-state index in [0.717, 1.165) is 42.2 Å². The summed E-state index contributed by atoms with van der Waals surface area (Å²) in [5, 5.41) is 14.7. The topological polar surface area (TPSA) is 135 Å². The van der Waals surface area contributed by atoms with E-state index < -0.39 is 23.8 Å². The first-order valence-electron chi connectivity index (χ1n) is 10.3. The van der Waals surface area contributed by atoms with Crippen LogP contribution < -0.4 is 21.0 Å². The lowest BCUT2D eigenvalue weighted by Crippen LogP contribution is -2.48. The van der Waals surface area contributed by atoms with Crippen LogP contribution in [-0.2, 0) is 27.2 Å². The minimum Gasteiger partial charge on any atom is -0.484 e. The third-order valence-electron chi connectivity index (χ3n) is 5.26. The van der Waals surface area contributed by atoms with E-state index in [1.807, 2.05) is 6.07 Å². The first kappa shape index (κ1) is 22.3. The molecular formula is C22H26N2O7. The summed E-state index contributed by atoms with van der Waals surface area (Å²) < 4.78 is 10.9. The van der Waals surface area contributed by atoms with Gasteiger partial charge in [0.1, 0.15) is 17.4 Å². The van der Waals surface area contributed by atoms with Crippen molar-refractivity contribution in [3.05, 3.63) is 39.7 Å². The number of carbonyl (C=O) groups is 3. The standard InChI is InChI=1S/C22H26N2O7/c1-12(2)20(21(27)28)24-18(25)10-23-19(26)11-30-13-7-8-15-14-5-3-4-6-16(14)22(29)31-17(15)9-13/h7-9,12,20H,3-6,10-11H2,1-2H3,(H,23,26)(H,24,25)(H,27,28)/t20-/m0/s1. The van der Waals surface area contributed by atoms with Gasteiger partial charge in [-0.05, 0) is 49.3 Å². The molecule has 1 aliphatic carbocycles. The van der Waals surface area contributed by atoms with Gasteiger partial charge in [0.05, 0.1) is 6.54 Å². The molecular weight excluding hydrogens is 404 g/mol. The normalized spacial score (nSPS) is 14.0. The van der Waals surface area contributed by atoms with Crippen LogP contribution in [0.15, 0.2) is 27.4 Å². The number of carbonyl (C=O) groups excluding carboxylic acids is 2. The van der Waals surface area contributed by atoms with Crippen LogP contribution in [0, 0.1) is 5.92 Å². The highest BCUT2D eigenvalue weighted by molar-refractivity contribution is 5.88. The van der Waals surface area contributed by atoms with Crippen molar-refractivity contribution in [3.8, 4) is 5.75 Å². The van der Waals surface area contributed by atoms with Crippen LogP contribution in [0.4, 0.5) is 0 Å². The molecule has 2 aromatic rings. The Morgan fingerprint density at radius 3 is 2.52 bits per heavy atom. The van der Waals surface area contributed by atoms with E-state index in [0.29, 0.717) is 11.3 Å². The number of rotatable bonds is 8. The Kier molecular flexibility index (Phi) is 6.94. The van der Waals surface area contributed by atoms with Gasteiger partial charge in [0.2, 0.25) is 5.91 Å². The van der Waals surface area contributed by atoms with Crippen molar-refractivity contribution in [1.29, 1.82) is 0 Å². The molecule has 3 N–H and O–H groups in total. The number of aryl methyl sites for hydroxylation is 1. The fourth-order valence-electron chi connectivity index (χ4n) is 3.63. The molecule has 0 bridgehead atoms. The number of fused-ring (bicyclic) bond motifs is 3. The van der Waals surface area contributed by atoms with Crippen LogP contribution in [0.2, 0.25) is 0 Å². The van der Waals surface area contributed by atoms with Crippen molar-refractivity contribution < 1.29 is 28.6 Å². The fraction of sp³-hybridized carbons (Fsp3) is 0.455. The van der Waals surface area contributed by atoms with Crippen molar-refractivity contribution >= 4 is 28.8 Å². The number of hydrogen-bond acceptors (Lipinski definition) is 6. The van der Waals surface area contributed by atoms with Gasteiger partial charge < -0.3 is 24.9 Å². The fourth-order valence-corrected chi connectivity index (χ4v) is 3.63. The van der Waals surface area contributed by atoms with Crippen LogP contribution in [-0.4, -0.2) is 42.1 Å². The number of carboxylic acids is 1. The highest BCUT2D eigenvalue weighted by atomic mass is 16.5. The maximum Gasteiger partial charge on any atom is 0.339 e. The monoisotopic (exact) mass is 430 g/mol. The SMILES string of the molecule is CC(C)[C@H](NC(=O)CNC(=O)COc1ccc2c3c(c(=O)oc2c1)CCCC3)C(=O)O. The molecule has 0 saturated heterocycles. The number of carboxylic acid groups (broad SMARTS) is 1. The predicted molar refractivity (Wildman–Crippen MR) is 112 cm³/mol. The van der Waals surface area contributed by atoms with Gasteiger partial charge >= 0.3 is 11.6 Å². The van der Waals surface area contributed by atoms with Gasteiger partial charge in [0, 0.05) is 17.0 Å². The number of benzene rings is 1. The molecule has 0 aliphatic heterocycles. The van der Waals surface area contributed by atoms with Gasteiger partial charge in [0.25, 0.3) is 5.91 Å². The first-order chi connectivity index (χ1) is 14.8. The lowest BCUT2D eigenvalue weighted by molar-refractivity contribution is -0.143. The Morgan fingerprint density at radius 2 is 1.84 bits per heavy atom. The van der Waals surface area contributed by atoms with Crippen LogP contribution >= 0.6 is 0 Å². The Balaban J connectivity index is 1.56. The van der Waals surface area contributed by atoms with Gasteiger partial charge in [0.15, 0.2) is 6.61 Å². The minimum atomic E-state index is -1.14. The van der Waals surface area contributed by atoms with E-state index >= 15 is 0 Å². The predicted octanol–water partition coefficient (Wildman–Crippen LogP) is 1.39. The molecule has 0 radical (unpaired) electrons. The molecule has 31 heavy (non-hydrogen) atoms. The van der Waals surface area contributed by atoms with Crippen molar-refractivity contribution in [2.75, 3.05) is 13.2 Å². The highest BCUT2D eigenvalue weighted by Crippen LogP contribution is 2.29. The zero-order valence-corrected chi connectivity index (χ0v) is 17.5. The smallest absolute Gasteiger partial charge is 0.339 e. The summed E-state index contributed by atoms with van der Waals surface area (Å²) in [7, 11) is 0. The van der Waals surface area contributed by atoms with Gasteiger partial charge in [-0.2, -0.15) is 0 Å². The summed E-state index contributed by atoms with van der Waals surface area (Å²) in [6.45, 7) is 2.64. The molecule has 2 amide bonds.